The summed E-state index contributed by atoms with van der Waals surface area (Å²) in [5.41, 5.74) is 3.80. The zero-order chi connectivity index (χ0) is 25.7. The van der Waals surface area contributed by atoms with Crippen molar-refractivity contribution >= 4 is 159 Å². The van der Waals surface area contributed by atoms with Crippen LogP contribution in [0.5, 0.6) is 0 Å². The molecule has 0 aliphatic carbocycles. The van der Waals surface area contributed by atoms with Gasteiger partial charge in [0.05, 0.1) is 38.1 Å². The maximum Gasteiger partial charge on any atom is 0.0657 e. The molecule has 0 radical (unpaired) electrons. The number of benzene rings is 1. The summed E-state index contributed by atoms with van der Waals surface area (Å²) in [7, 11) is 0. The highest BCUT2D eigenvalue weighted by Crippen LogP contribution is 2.59. The lowest BCUT2D eigenvalue weighted by Gasteiger charge is -2.06. The van der Waals surface area contributed by atoms with Gasteiger partial charge in [-0.15, -0.1) is 70.6 Å². The van der Waals surface area contributed by atoms with Crippen LogP contribution in [0.1, 0.15) is 16.7 Å². The summed E-state index contributed by atoms with van der Waals surface area (Å²) < 4.78 is 12.6. The fourth-order valence-corrected chi connectivity index (χ4v) is 18.0. The van der Waals surface area contributed by atoms with Crippen molar-refractivity contribution < 1.29 is 0 Å². The highest BCUT2D eigenvalue weighted by Gasteiger charge is 2.22. The van der Waals surface area contributed by atoms with E-state index >= 15 is 0 Å². The van der Waals surface area contributed by atoms with Crippen molar-refractivity contribution in [1.29, 1.82) is 0 Å². The van der Waals surface area contributed by atoms with Gasteiger partial charge in [-0.05, 0) is 90.7 Å². The summed E-state index contributed by atoms with van der Waals surface area (Å²) in [6, 6.07) is 7.01. The number of rotatable bonds is 9. The standard InChI is InChI=1S/C24H24S12/c1-25-19-20(26-2)32-16(31-19)10-13-7-14(11-17-33-21(27-3)22(28-4)34-17)9-15(8-13)12-18-35-23(29-5)24(30-6)36-18/h7-12H,1-6H3. The van der Waals surface area contributed by atoms with Gasteiger partial charge in [-0.3, -0.25) is 0 Å². The Kier molecular flexibility index (Phi) is 13.0. The van der Waals surface area contributed by atoms with E-state index in [2.05, 4.69) is 74.0 Å². The highest BCUT2D eigenvalue weighted by atomic mass is 32.3. The molecule has 0 bridgehead atoms. The molecular weight excluding hydrogens is 673 g/mol. The van der Waals surface area contributed by atoms with Crippen LogP contribution in [0.25, 0.3) is 18.2 Å². The Morgan fingerprint density at radius 2 is 0.583 bits per heavy atom. The molecule has 4 rings (SSSR count). The van der Waals surface area contributed by atoms with Crippen LogP contribution in [0.15, 0.2) is 56.3 Å². The van der Waals surface area contributed by atoms with Gasteiger partial charge in [-0.25, -0.2) is 0 Å². The maximum absolute atomic E-state index is 2.36. The summed E-state index contributed by atoms with van der Waals surface area (Å²) in [4.78, 5) is 0. The molecule has 0 amide bonds. The van der Waals surface area contributed by atoms with E-state index in [9.17, 15) is 0 Å². The van der Waals surface area contributed by atoms with E-state index in [4.69, 9.17) is 0 Å². The van der Waals surface area contributed by atoms with Gasteiger partial charge >= 0.3 is 0 Å². The first-order valence-corrected chi connectivity index (χ1v) is 22.6. The summed E-state index contributed by atoms with van der Waals surface area (Å²) in [6.07, 6.45) is 20.1. The third kappa shape index (κ3) is 7.99. The Hall–Kier alpha value is 1.86. The molecule has 0 spiro atoms. The van der Waals surface area contributed by atoms with Crippen LogP contribution in [0.4, 0.5) is 0 Å². The van der Waals surface area contributed by atoms with Crippen LogP contribution in [0.3, 0.4) is 0 Å². The molecular formula is C24H24S12. The maximum atomic E-state index is 2.36. The lowest BCUT2D eigenvalue weighted by atomic mass is 10.1. The average molecular weight is 697 g/mol. The highest BCUT2D eigenvalue weighted by molar-refractivity contribution is 8.42. The largest absolute Gasteiger partial charge is 0.121 e. The Bertz CT molecular complexity index is 988. The van der Waals surface area contributed by atoms with Gasteiger partial charge in [0, 0.05) is 0 Å². The zero-order valence-electron chi connectivity index (χ0n) is 20.4. The van der Waals surface area contributed by atoms with Crippen LogP contribution >= 0.6 is 141 Å². The van der Waals surface area contributed by atoms with E-state index in [0.29, 0.717) is 0 Å². The van der Waals surface area contributed by atoms with Crippen molar-refractivity contribution in [2.75, 3.05) is 37.5 Å². The normalized spacial score (nSPS) is 18.3. The predicted octanol–water partition coefficient (Wildman–Crippen LogP) is 12.6. The minimum atomic E-state index is 1.27. The van der Waals surface area contributed by atoms with Crippen molar-refractivity contribution in [2.24, 2.45) is 0 Å². The minimum absolute atomic E-state index is 1.27. The van der Waals surface area contributed by atoms with Crippen molar-refractivity contribution in [3.05, 3.63) is 73.0 Å². The molecule has 3 aliphatic rings. The number of thioether (sulfide) groups is 12. The molecule has 12 heteroatoms. The summed E-state index contributed by atoms with van der Waals surface area (Å²) in [5.74, 6) is 0. The van der Waals surface area contributed by atoms with Crippen LogP contribution in [-0.4, -0.2) is 37.5 Å². The number of hydrogen-bond donors (Lipinski definition) is 0. The fraction of sp³-hybridized carbons (Fsp3) is 0.250. The monoisotopic (exact) mass is 696 g/mol. The van der Waals surface area contributed by atoms with Crippen LogP contribution in [0, 0.1) is 0 Å². The summed E-state index contributed by atoms with van der Waals surface area (Å²) in [5, 5.41) is 0. The molecule has 0 nitrogen and oxygen atoms in total. The van der Waals surface area contributed by atoms with Crippen molar-refractivity contribution in [3.8, 4) is 0 Å². The first-order chi connectivity index (χ1) is 17.5. The van der Waals surface area contributed by atoms with Crippen LogP contribution in [0.2, 0.25) is 0 Å². The molecule has 1 aromatic carbocycles. The van der Waals surface area contributed by atoms with Crippen molar-refractivity contribution in [1.82, 2.24) is 0 Å². The Balaban J connectivity index is 1.66. The lowest BCUT2D eigenvalue weighted by Crippen LogP contribution is -1.83. The predicted molar refractivity (Wildman–Crippen MR) is 198 cm³/mol. The van der Waals surface area contributed by atoms with Gasteiger partial charge < -0.3 is 0 Å². The van der Waals surface area contributed by atoms with Gasteiger partial charge in [0.2, 0.25) is 0 Å². The second-order valence-electron chi connectivity index (χ2n) is 6.88. The summed E-state index contributed by atoms with van der Waals surface area (Å²) in [6.45, 7) is 0. The minimum Gasteiger partial charge on any atom is -0.121 e. The lowest BCUT2D eigenvalue weighted by molar-refractivity contribution is 1.58. The summed E-state index contributed by atoms with van der Waals surface area (Å²) >= 11 is 22.5. The van der Waals surface area contributed by atoms with E-state index in [1.54, 1.807) is 0 Å². The van der Waals surface area contributed by atoms with Gasteiger partial charge in [0.1, 0.15) is 0 Å². The molecule has 0 saturated heterocycles. The second kappa shape index (κ2) is 15.2. The van der Waals surface area contributed by atoms with Gasteiger partial charge in [-0.1, -0.05) is 70.6 Å². The molecule has 3 aliphatic heterocycles. The van der Waals surface area contributed by atoms with Crippen molar-refractivity contribution in [3.63, 3.8) is 0 Å². The molecule has 36 heavy (non-hydrogen) atoms. The second-order valence-corrected chi connectivity index (χ2v) is 20.4. The average Bonchev–Trinajstić information content (AvgIpc) is 3.59. The van der Waals surface area contributed by atoms with E-state index in [0.717, 1.165) is 0 Å². The number of hydrogen-bond acceptors (Lipinski definition) is 12. The fourth-order valence-electron chi connectivity index (χ4n) is 3.15. The third-order valence-electron chi connectivity index (χ3n) is 4.63. The van der Waals surface area contributed by atoms with Crippen LogP contribution < -0.4 is 0 Å². The molecule has 0 N–H and O–H groups in total. The molecule has 192 valence electrons. The van der Waals surface area contributed by atoms with Gasteiger partial charge in [0.25, 0.3) is 0 Å². The Morgan fingerprint density at radius 1 is 0.389 bits per heavy atom. The van der Waals surface area contributed by atoms with E-state index in [1.165, 1.54) is 54.8 Å². The Labute approximate surface area is 266 Å². The Morgan fingerprint density at radius 3 is 0.750 bits per heavy atom. The first kappa shape index (κ1) is 30.8. The molecule has 0 atom stereocenters. The van der Waals surface area contributed by atoms with E-state index < -0.39 is 0 Å². The van der Waals surface area contributed by atoms with Gasteiger partial charge in [0.15, 0.2) is 0 Å². The molecule has 0 fully saturated rings. The molecule has 0 unspecified atom stereocenters. The first-order valence-electron chi connectivity index (χ1n) is 10.3. The van der Waals surface area contributed by atoms with Crippen LogP contribution in [-0.2, 0) is 0 Å². The van der Waals surface area contributed by atoms with E-state index in [1.807, 2.05) is 141 Å². The quantitative estimate of drug-likeness (QED) is 0.241. The van der Waals surface area contributed by atoms with Gasteiger partial charge in [-0.2, -0.15) is 0 Å². The molecule has 0 saturated carbocycles. The van der Waals surface area contributed by atoms with E-state index in [-0.39, 0.29) is 0 Å². The molecule has 1 aromatic rings. The molecule has 3 heterocycles. The zero-order valence-corrected chi connectivity index (χ0v) is 30.2. The third-order valence-corrected chi connectivity index (χ3v) is 19.9. The topological polar surface area (TPSA) is 0 Å². The molecule has 0 aromatic heterocycles. The smallest absolute Gasteiger partial charge is 0.0657 e. The SMILES string of the molecule is CSC1=C(SC)SC(=Cc2cc(C=C3SC(SC)=C(SC)S3)cc(C=C3SC(SC)=C(SC)S3)c2)S1. The van der Waals surface area contributed by atoms with Crippen molar-refractivity contribution in [2.45, 2.75) is 0 Å².